The minimum absolute atomic E-state index is 0.437. The fourth-order valence-corrected chi connectivity index (χ4v) is 3.14. The lowest BCUT2D eigenvalue weighted by atomic mass is 9.71. The quantitative estimate of drug-likeness (QED) is 0.709. The van der Waals surface area contributed by atoms with Crippen molar-refractivity contribution >= 4 is 0 Å². The molecule has 2 unspecified atom stereocenters. The van der Waals surface area contributed by atoms with Gasteiger partial charge in [-0.3, -0.25) is 0 Å². The first-order valence-electron chi connectivity index (χ1n) is 5.73. The van der Waals surface area contributed by atoms with Gasteiger partial charge in [-0.15, -0.1) is 0 Å². The Morgan fingerprint density at radius 3 is 3.07 bits per heavy atom. The van der Waals surface area contributed by atoms with E-state index in [0.717, 1.165) is 25.7 Å². The van der Waals surface area contributed by atoms with Gasteiger partial charge in [-0.25, -0.2) is 0 Å². The highest BCUT2D eigenvalue weighted by Crippen LogP contribution is 2.43. The van der Waals surface area contributed by atoms with Crippen LogP contribution in [0.5, 0.6) is 0 Å². The molecule has 1 spiro atoms. The van der Waals surface area contributed by atoms with Crippen LogP contribution in [0.15, 0.2) is 0 Å². The molecule has 3 nitrogen and oxygen atoms in total. The lowest BCUT2D eigenvalue weighted by molar-refractivity contribution is -0.0471. The van der Waals surface area contributed by atoms with Crippen LogP contribution >= 0.6 is 0 Å². The molecule has 82 valence electrons. The maximum Gasteiger partial charge on any atom is 0.0537 e. The van der Waals surface area contributed by atoms with E-state index in [2.05, 4.69) is 11.9 Å². The van der Waals surface area contributed by atoms with Gasteiger partial charge in [0.25, 0.3) is 0 Å². The highest BCUT2D eigenvalue weighted by atomic mass is 16.5. The second-order valence-electron chi connectivity index (χ2n) is 4.97. The smallest absolute Gasteiger partial charge is 0.0537 e. The third-order valence-electron chi connectivity index (χ3n) is 3.96. The van der Waals surface area contributed by atoms with Gasteiger partial charge in [0.15, 0.2) is 0 Å². The summed E-state index contributed by atoms with van der Waals surface area (Å²) in [6, 6.07) is 0. The molecule has 0 bridgehead atoms. The predicted molar refractivity (Wildman–Crippen MR) is 57.1 cm³/mol. The van der Waals surface area contributed by atoms with Gasteiger partial charge in [0.2, 0.25) is 0 Å². The number of hydrogen-bond donors (Lipinski definition) is 1. The number of rotatable bonds is 2. The first-order chi connectivity index (χ1) is 6.77. The molecule has 0 aromatic heterocycles. The van der Waals surface area contributed by atoms with Crippen LogP contribution < -0.4 is 5.73 Å². The van der Waals surface area contributed by atoms with Crippen molar-refractivity contribution in [1.82, 2.24) is 4.90 Å². The van der Waals surface area contributed by atoms with Crippen molar-refractivity contribution in [2.45, 2.75) is 19.3 Å². The molecule has 0 aromatic rings. The molecule has 0 aromatic carbocycles. The van der Waals surface area contributed by atoms with Gasteiger partial charge in [-0.2, -0.15) is 0 Å². The molecule has 2 rings (SSSR count). The molecule has 0 saturated carbocycles. The van der Waals surface area contributed by atoms with E-state index in [0.29, 0.717) is 5.41 Å². The number of hydrogen-bond acceptors (Lipinski definition) is 3. The molecule has 2 fully saturated rings. The van der Waals surface area contributed by atoms with Gasteiger partial charge < -0.3 is 15.4 Å². The van der Waals surface area contributed by atoms with E-state index in [-0.39, 0.29) is 0 Å². The van der Waals surface area contributed by atoms with Gasteiger partial charge in [0, 0.05) is 18.6 Å². The topological polar surface area (TPSA) is 38.5 Å². The Bertz CT molecular complexity index is 192. The summed E-state index contributed by atoms with van der Waals surface area (Å²) in [5, 5.41) is 0. The van der Waals surface area contributed by atoms with Crippen LogP contribution in [0, 0.1) is 11.3 Å². The van der Waals surface area contributed by atoms with E-state index in [1.54, 1.807) is 0 Å². The average Bonchev–Trinajstić information content (AvgIpc) is 2.53. The van der Waals surface area contributed by atoms with Crippen LogP contribution in [0.3, 0.4) is 0 Å². The molecule has 2 heterocycles. The summed E-state index contributed by atoms with van der Waals surface area (Å²) >= 11 is 0. The van der Waals surface area contributed by atoms with Crippen molar-refractivity contribution in [3.63, 3.8) is 0 Å². The molecule has 2 aliphatic heterocycles. The Morgan fingerprint density at radius 2 is 2.43 bits per heavy atom. The van der Waals surface area contributed by atoms with Gasteiger partial charge in [0.1, 0.15) is 0 Å². The molecule has 2 N–H and O–H groups in total. The molecule has 3 heteroatoms. The predicted octanol–water partition coefficient (Wildman–Crippen LogP) is 0.694. The Hall–Kier alpha value is -0.120. The average molecular weight is 198 g/mol. The molecule has 0 radical (unpaired) electrons. The van der Waals surface area contributed by atoms with Crippen LogP contribution in [-0.2, 0) is 4.74 Å². The zero-order chi connectivity index (χ0) is 10.0. The van der Waals surface area contributed by atoms with Crippen LogP contribution in [0.25, 0.3) is 0 Å². The van der Waals surface area contributed by atoms with Crippen molar-refractivity contribution < 1.29 is 4.74 Å². The third-order valence-corrected chi connectivity index (χ3v) is 3.96. The van der Waals surface area contributed by atoms with Crippen LogP contribution in [0.1, 0.15) is 19.3 Å². The summed E-state index contributed by atoms with van der Waals surface area (Å²) in [5.74, 6) is 0.797. The minimum Gasteiger partial charge on any atom is -0.381 e. The molecular formula is C11H22N2O. The van der Waals surface area contributed by atoms with Crippen LogP contribution in [0.4, 0.5) is 0 Å². The zero-order valence-corrected chi connectivity index (χ0v) is 9.17. The van der Waals surface area contributed by atoms with Crippen molar-refractivity contribution in [2.75, 3.05) is 39.9 Å². The van der Waals surface area contributed by atoms with E-state index >= 15 is 0 Å². The normalized spacial score (nSPS) is 39.4. The molecule has 2 aliphatic rings. The Balaban J connectivity index is 2.05. The molecular weight excluding hydrogens is 176 g/mol. The van der Waals surface area contributed by atoms with Gasteiger partial charge >= 0.3 is 0 Å². The van der Waals surface area contributed by atoms with Crippen molar-refractivity contribution in [2.24, 2.45) is 17.1 Å². The third kappa shape index (κ3) is 1.81. The Kier molecular flexibility index (Phi) is 3.10. The minimum atomic E-state index is 0.437. The van der Waals surface area contributed by atoms with E-state index in [1.807, 2.05) is 0 Å². The number of nitrogens with two attached hydrogens (primary N) is 1. The summed E-state index contributed by atoms with van der Waals surface area (Å²) in [5.41, 5.74) is 6.13. The first kappa shape index (κ1) is 10.4. The van der Waals surface area contributed by atoms with Crippen molar-refractivity contribution in [3.05, 3.63) is 0 Å². The van der Waals surface area contributed by atoms with Gasteiger partial charge in [0.05, 0.1) is 6.61 Å². The highest BCUT2D eigenvalue weighted by Gasteiger charge is 2.44. The fraction of sp³-hybridized carbons (Fsp3) is 1.00. The SMILES string of the molecule is CN1CCC2(COCCC2CCN)C1. The molecule has 14 heavy (non-hydrogen) atoms. The fourth-order valence-electron chi connectivity index (χ4n) is 3.14. The first-order valence-corrected chi connectivity index (χ1v) is 5.73. The second-order valence-corrected chi connectivity index (χ2v) is 4.97. The van der Waals surface area contributed by atoms with Crippen molar-refractivity contribution in [1.29, 1.82) is 0 Å². The molecule has 2 saturated heterocycles. The van der Waals surface area contributed by atoms with Crippen LogP contribution in [-0.4, -0.2) is 44.8 Å². The maximum atomic E-state index is 5.69. The van der Waals surface area contributed by atoms with Gasteiger partial charge in [-0.1, -0.05) is 0 Å². The highest BCUT2D eigenvalue weighted by molar-refractivity contribution is 4.95. The van der Waals surface area contributed by atoms with Gasteiger partial charge in [-0.05, 0) is 45.3 Å². The van der Waals surface area contributed by atoms with E-state index in [1.165, 1.54) is 32.4 Å². The summed E-state index contributed by atoms with van der Waals surface area (Å²) in [7, 11) is 2.21. The summed E-state index contributed by atoms with van der Waals surface area (Å²) in [4.78, 5) is 2.43. The second kappa shape index (κ2) is 4.17. The summed E-state index contributed by atoms with van der Waals surface area (Å²) in [6.45, 7) is 5.16. The summed E-state index contributed by atoms with van der Waals surface area (Å²) < 4.78 is 5.66. The Labute approximate surface area is 86.6 Å². The zero-order valence-electron chi connectivity index (χ0n) is 9.17. The van der Waals surface area contributed by atoms with Crippen LogP contribution in [0.2, 0.25) is 0 Å². The number of ether oxygens (including phenoxy) is 1. The van der Waals surface area contributed by atoms with E-state index < -0.39 is 0 Å². The maximum absolute atomic E-state index is 5.69. The largest absolute Gasteiger partial charge is 0.381 e. The monoisotopic (exact) mass is 198 g/mol. The molecule has 0 amide bonds. The summed E-state index contributed by atoms with van der Waals surface area (Å²) in [6.07, 6.45) is 3.69. The lowest BCUT2D eigenvalue weighted by Crippen LogP contribution is -2.42. The van der Waals surface area contributed by atoms with E-state index in [9.17, 15) is 0 Å². The number of nitrogens with zero attached hydrogens (tertiary/aromatic N) is 1. The Morgan fingerprint density at radius 1 is 1.57 bits per heavy atom. The lowest BCUT2D eigenvalue weighted by Gasteiger charge is -2.41. The van der Waals surface area contributed by atoms with E-state index in [4.69, 9.17) is 10.5 Å². The standard InChI is InChI=1S/C11H22N2O/c1-13-6-4-11(8-13)9-14-7-3-10(11)2-5-12/h10H,2-9,12H2,1H3. The molecule has 2 atom stereocenters. The van der Waals surface area contributed by atoms with Crippen molar-refractivity contribution in [3.8, 4) is 0 Å². The molecule has 0 aliphatic carbocycles. The number of likely N-dealkylation sites (tertiary alicyclic amines) is 1.